The molecule has 0 spiro atoms. The van der Waals surface area contributed by atoms with Gasteiger partial charge in [0, 0.05) is 36.2 Å². The second kappa shape index (κ2) is 10.4. The number of aryl methyl sites for hydroxylation is 1. The van der Waals surface area contributed by atoms with Crippen LogP contribution in [0.25, 0.3) is 11.3 Å². The fourth-order valence-corrected chi connectivity index (χ4v) is 4.16. The van der Waals surface area contributed by atoms with E-state index in [2.05, 4.69) is 10.5 Å². The number of nitro groups is 1. The van der Waals surface area contributed by atoms with Gasteiger partial charge in [0.1, 0.15) is 5.69 Å². The van der Waals surface area contributed by atoms with E-state index >= 15 is 0 Å². The van der Waals surface area contributed by atoms with Crippen molar-refractivity contribution in [3.8, 4) is 11.3 Å². The standard InChI is InChI=1S/C28H25N5O4/c1-19-10-12-20(13-11-19)17-29-28(34)27-16-25(21-6-3-2-4-7-21)30-32(27)18-24-15-26(31-37-24)22-8-5-9-23(14-22)33(35)36/h2-14,16,24H,15,17-18H2,1H3,(H,29,34). The Hall–Kier alpha value is -4.79. The highest BCUT2D eigenvalue weighted by Crippen LogP contribution is 2.24. The summed E-state index contributed by atoms with van der Waals surface area (Å²) in [5, 5.41) is 23.0. The molecule has 4 aromatic rings. The summed E-state index contributed by atoms with van der Waals surface area (Å²) in [6, 6.07) is 25.7. The zero-order valence-corrected chi connectivity index (χ0v) is 20.2. The fraction of sp³-hybridized carbons (Fsp3) is 0.179. The number of nitrogens with zero attached hydrogens (tertiary/aromatic N) is 4. The summed E-state index contributed by atoms with van der Waals surface area (Å²) in [6.45, 7) is 2.71. The normalized spacial score (nSPS) is 14.6. The van der Waals surface area contributed by atoms with E-state index in [4.69, 9.17) is 9.94 Å². The molecule has 1 amide bonds. The van der Waals surface area contributed by atoms with Gasteiger partial charge in [-0.25, -0.2) is 0 Å². The SMILES string of the molecule is Cc1ccc(CNC(=O)c2cc(-c3ccccc3)nn2CC2CC(c3cccc([N+](=O)[O-])c3)=NO2)cc1. The molecule has 1 unspecified atom stereocenters. The number of benzene rings is 3. The van der Waals surface area contributed by atoms with E-state index in [9.17, 15) is 14.9 Å². The largest absolute Gasteiger partial charge is 0.390 e. The topological polar surface area (TPSA) is 112 Å². The van der Waals surface area contributed by atoms with Crippen molar-refractivity contribution < 1.29 is 14.6 Å². The molecule has 186 valence electrons. The smallest absolute Gasteiger partial charge is 0.270 e. The van der Waals surface area contributed by atoms with E-state index in [1.54, 1.807) is 22.9 Å². The zero-order chi connectivity index (χ0) is 25.8. The van der Waals surface area contributed by atoms with Crippen LogP contribution in [0.3, 0.4) is 0 Å². The first-order valence-electron chi connectivity index (χ1n) is 11.9. The summed E-state index contributed by atoms with van der Waals surface area (Å²) in [5.41, 5.74) is 5.40. The number of hydrogen-bond acceptors (Lipinski definition) is 6. The molecule has 1 atom stereocenters. The summed E-state index contributed by atoms with van der Waals surface area (Å²) < 4.78 is 1.64. The van der Waals surface area contributed by atoms with Gasteiger partial charge in [-0.3, -0.25) is 19.6 Å². The first kappa shape index (κ1) is 23.9. The maximum Gasteiger partial charge on any atom is 0.270 e. The van der Waals surface area contributed by atoms with Crippen LogP contribution in [0.4, 0.5) is 5.69 Å². The van der Waals surface area contributed by atoms with Crippen LogP contribution >= 0.6 is 0 Å². The Labute approximate surface area is 213 Å². The van der Waals surface area contributed by atoms with Gasteiger partial charge in [0.25, 0.3) is 11.6 Å². The van der Waals surface area contributed by atoms with Gasteiger partial charge in [0.15, 0.2) is 6.10 Å². The van der Waals surface area contributed by atoms with Gasteiger partial charge in [0.05, 0.1) is 22.9 Å². The molecule has 2 heterocycles. The highest BCUT2D eigenvalue weighted by molar-refractivity contribution is 6.01. The van der Waals surface area contributed by atoms with Crippen molar-refractivity contribution in [2.75, 3.05) is 0 Å². The molecule has 0 saturated carbocycles. The molecule has 1 aromatic heterocycles. The highest BCUT2D eigenvalue weighted by Gasteiger charge is 2.26. The molecule has 9 heteroatoms. The highest BCUT2D eigenvalue weighted by atomic mass is 16.6. The van der Waals surface area contributed by atoms with Gasteiger partial charge in [-0.1, -0.05) is 77.4 Å². The number of nitro benzene ring substituents is 1. The Morgan fingerprint density at radius 2 is 1.81 bits per heavy atom. The second-order valence-corrected chi connectivity index (χ2v) is 8.91. The minimum Gasteiger partial charge on any atom is -0.390 e. The molecule has 9 nitrogen and oxygen atoms in total. The van der Waals surface area contributed by atoms with E-state index in [0.717, 1.165) is 16.7 Å². The number of rotatable bonds is 8. The maximum atomic E-state index is 13.2. The Morgan fingerprint density at radius 1 is 1.05 bits per heavy atom. The number of amides is 1. The average Bonchev–Trinajstić information content (AvgIpc) is 3.57. The molecule has 0 fully saturated rings. The van der Waals surface area contributed by atoms with Crippen LogP contribution in [0.5, 0.6) is 0 Å². The van der Waals surface area contributed by atoms with Gasteiger partial charge in [-0.2, -0.15) is 5.10 Å². The molecule has 5 rings (SSSR count). The van der Waals surface area contributed by atoms with Crippen LogP contribution in [0.1, 0.15) is 33.6 Å². The Kier molecular flexibility index (Phi) is 6.76. The van der Waals surface area contributed by atoms with Gasteiger partial charge in [0.2, 0.25) is 0 Å². The fourth-order valence-electron chi connectivity index (χ4n) is 4.16. The first-order valence-corrected chi connectivity index (χ1v) is 11.9. The Morgan fingerprint density at radius 3 is 2.57 bits per heavy atom. The quantitative estimate of drug-likeness (QED) is 0.276. The summed E-state index contributed by atoms with van der Waals surface area (Å²) in [4.78, 5) is 29.5. The van der Waals surface area contributed by atoms with E-state index in [0.29, 0.717) is 42.2 Å². The van der Waals surface area contributed by atoms with Crippen LogP contribution in [0.2, 0.25) is 0 Å². The van der Waals surface area contributed by atoms with Gasteiger partial charge < -0.3 is 10.2 Å². The van der Waals surface area contributed by atoms with Crippen LogP contribution in [0.15, 0.2) is 90.1 Å². The van der Waals surface area contributed by atoms with E-state index in [1.807, 2.05) is 61.5 Å². The first-order chi connectivity index (χ1) is 18.0. The average molecular weight is 496 g/mol. The maximum absolute atomic E-state index is 13.2. The van der Waals surface area contributed by atoms with Crippen molar-refractivity contribution in [2.45, 2.75) is 32.5 Å². The lowest BCUT2D eigenvalue weighted by Crippen LogP contribution is -2.28. The third kappa shape index (κ3) is 5.56. The predicted octanol–water partition coefficient (Wildman–Crippen LogP) is 4.89. The van der Waals surface area contributed by atoms with Gasteiger partial charge >= 0.3 is 0 Å². The molecule has 0 aliphatic carbocycles. The lowest BCUT2D eigenvalue weighted by Gasteiger charge is -2.12. The lowest BCUT2D eigenvalue weighted by molar-refractivity contribution is -0.384. The minimum absolute atomic E-state index is 0.00392. The lowest BCUT2D eigenvalue weighted by atomic mass is 10.0. The summed E-state index contributed by atoms with van der Waals surface area (Å²) >= 11 is 0. The predicted molar refractivity (Wildman–Crippen MR) is 139 cm³/mol. The van der Waals surface area contributed by atoms with Crippen molar-refractivity contribution in [1.82, 2.24) is 15.1 Å². The van der Waals surface area contributed by atoms with Crippen LogP contribution in [0, 0.1) is 17.0 Å². The molecular formula is C28H25N5O4. The van der Waals surface area contributed by atoms with Crippen LogP contribution in [-0.2, 0) is 17.9 Å². The summed E-state index contributed by atoms with van der Waals surface area (Å²) in [6.07, 6.45) is 0.0630. The number of carbonyl (C=O) groups is 1. The molecule has 3 aromatic carbocycles. The van der Waals surface area contributed by atoms with Crippen molar-refractivity contribution in [1.29, 1.82) is 0 Å². The molecule has 1 aliphatic rings. The monoisotopic (exact) mass is 495 g/mol. The molecule has 1 N–H and O–H groups in total. The van der Waals surface area contributed by atoms with E-state index in [1.165, 1.54) is 12.1 Å². The van der Waals surface area contributed by atoms with Crippen LogP contribution in [-0.4, -0.2) is 32.4 Å². The van der Waals surface area contributed by atoms with Crippen molar-refractivity contribution >= 4 is 17.3 Å². The van der Waals surface area contributed by atoms with E-state index < -0.39 is 4.92 Å². The molecule has 37 heavy (non-hydrogen) atoms. The van der Waals surface area contributed by atoms with Gasteiger partial charge in [-0.15, -0.1) is 0 Å². The van der Waals surface area contributed by atoms with Crippen molar-refractivity contribution in [3.63, 3.8) is 0 Å². The van der Waals surface area contributed by atoms with Crippen molar-refractivity contribution in [3.05, 3.63) is 117 Å². The molecule has 1 aliphatic heterocycles. The third-order valence-corrected chi connectivity index (χ3v) is 6.16. The number of aromatic nitrogens is 2. The molecule has 0 bridgehead atoms. The minimum atomic E-state index is -0.437. The van der Waals surface area contributed by atoms with Crippen LogP contribution < -0.4 is 5.32 Å². The number of carbonyl (C=O) groups excluding carboxylic acids is 1. The summed E-state index contributed by atoms with van der Waals surface area (Å²) in [5.74, 6) is -0.243. The molecular weight excluding hydrogens is 470 g/mol. The number of non-ortho nitro benzene ring substituents is 1. The molecule has 0 radical (unpaired) electrons. The Bertz CT molecular complexity index is 1460. The number of hydrogen-bond donors (Lipinski definition) is 1. The number of oxime groups is 1. The zero-order valence-electron chi connectivity index (χ0n) is 20.2. The van der Waals surface area contributed by atoms with Gasteiger partial charge in [-0.05, 0) is 18.6 Å². The summed E-state index contributed by atoms with van der Waals surface area (Å²) in [7, 11) is 0. The number of nitrogens with one attached hydrogen (secondary N) is 1. The second-order valence-electron chi connectivity index (χ2n) is 8.91. The van der Waals surface area contributed by atoms with Crippen molar-refractivity contribution in [2.24, 2.45) is 5.16 Å². The Balaban J connectivity index is 1.34. The third-order valence-electron chi connectivity index (χ3n) is 6.16. The molecule has 0 saturated heterocycles. The van der Waals surface area contributed by atoms with E-state index in [-0.39, 0.29) is 17.7 Å².